The number of halogens is 1. The molecule has 0 unspecified atom stereocenters. The molecule has 3 heterocycles. The summed E-state index contributed by atoms with van der Waals surface area (Å²) >= 11 is 7.72. The van der Waals surface area contributed by atoms with E-state index in [1.54, 1.807) is 6.07 Å². The Kier molecular flexibility index (Phi) is 5.61. The van der Waals surface area contributed by atoms with Crippen molar-refractivity contribution in [1.82, 2.24) is 24.9 Å². The smallest absolute Gasteiger partial charge is 0.259 e. The zero-order valence-electron chi connectivity index (χ0n) is 14.8. The molecular weight excluding hydrogens is 388 g/mol. The monoisotopic (exact) mass is 406 g/mol. The lowest BCUT2D eigenvalue weighted by atomic mass is 10.2. The largest absolute Gasteiger partial charge is 0.378 e. The van der Waals surface area contributed by atoms with Gasteiger partial charge in [-0.1, -0.05) is 40.7 Å². The molecule has 0 radical (unpaired) electrons. The normalized spacial score (nSPS) is 14.7. The van der Waals surface area contributed by atoms with Gasteiger partial charge in [-0.05, 0) is 19.1 Å². The zero-order chi connectivity index (χ0) is 18.6. The average Bonchev–Trinajstić information content (AvgIpc) is 3.34. The highest BCUT2D eigenvalue weighted by atomic mass is 35.5. The zero-order valence-corrected chi connectivity index (χ0v) is 16.4. The van der Waals surface area contributed by atoms with Crippen molar-refractivity contribution >= 4 is 29.3 Å². The summed E-state index contributed by atoms with van der Waals surface area (Å²) < 4.78 is 12.9. The molecule has 4 rings (SSSR count). The van der Waals surface area contributed by atoms with Gasteiger partial charge in [-0.3, -0.25) is 4.57 Å². The standard InChI is InChI=1S/C17H19ClN6O2S/c1-2-24-16(23-7-9-25-10-8-23)20-21-17(24)27-11-14-19-15(26-22-14)12-5-3-4-6-13(12)18/h3-6H,2,7-11H2,1H3. The van der Waals surface area contributed by atoms with Crippen LogP contribution in [0.3, 0.4) is 0 Å². The van der Waals surface area contributed by atoms with Gasteiger partial charge in [-0.2, -0.15) is 4.98 Å². The average molecular weight is 407 g/mol. The topological polar surface area (TPSA) is 82.1 Å². The second-order valence-electron chi connectivity index (χ2n) is 5.91. The molecule has 0 atom stereocenters. The van der Waals surface area contributed by atoms with Crippen molar-refractivity contribution in [3.63, 3.8) is 0 Å². The number of morpholine rings is 1. The van der Waals surface area contributed by atoms with Gasteiger partial charge in [0.2, 0.25) is 5.95 Å². The van der Waals surface area contributed by atoms with Crippen LogP contribution < -0.4 is 4.90 Å². The second-order valence-corrected chi connectivity index (χ2v) is 7.26. The molecule has 0 saturated carbocycles. The van der Waals surface area contributed by atoms with Crippen molar-refractivity contribution in [2.24, 2.45) is 0 Å². The van der Waals surface area contributed by atoms with E-state index in [1.165, 1.54) is 11.8 Å². The van der Waals surface area contributed by atoms with Crippen LogP contribution in [0.1, 0.15) is 12.7 Å². The van der Waals surface area contributed by atoms with Crippen LogP contribution >= 0.6 is 23.4 Å². The van der Waals surface area contributed by atoms with Gasteiger partial charge in [-0.15, -0.1) is 10.2 Å². The van der Waals surface area contributed by atoms with E-state index >= 15 is 0 Å². The van der Waals surface area contributed by atoms with Crippen molar-refractivity contribution < 1.29 is 9.26 Å². The first-order valence-electron chi connectivity index (χ1n) is 8.72. The molecule has 0 spiro atoms. The maximum atomic E-state index is 6.19. The highest BCUT2D eigenvalue weighted by molar-refractivity contribution is 7.98. The van der Waals surface area contributed by atoms with Crippen molar-refractivity contribution in [2.45, 2.75) is 24.4 Å². The van der Waals surface area contributed by atoms with E-state index in [2.05, 4.69) is 36.7 Å². The van der Waals surface area contributed by atoms with E-state index in [0.29, 0.717) is 35.7 Å². The highest BCUT2D eigenvalue weighted by Crippen LogP contribution is 2.28. The number of anilines is 1. The maximum absolute atomic E-state index is 6.19. The summed E-state index contributed by atoms with van der Waals surface area (Å²) in [7, 11) is 0. The predicted molar refractivity (Wildman–Crippen MR) is 103 cm³/mol. The molecule has 2 aromatic heterocycles. The summed E-state index contributed by atoms with van der Waals surface area (Å²) in [5, 5.41) is 14.2. The molecule has 1 aliphatic heterocycles. The minimum atomic E-state index is 0.419. The quantitative estimate of drug-likeness (QED) is 0.577. The van der Waals surface area contributed by atoms with Gasteiger partial charge in [0.25, 0.3) is 5.89 Å². The minimum absolute atomic E-state index is 0.419. The summed E-state index contributed by atoms with van der Waals surface area (Å²) in [6.45, 7) is 5.96. The first kappa shape index (κ1) is 18.3. The Bertz CT molecular complexity index is 908. The molecule has 0 amide bonds. The number of benzene rings is 1. The predicted octanol–water partition coefficient (Wildman–Crippen LogP) is 3.13. The molecule has 3 aromatic rings. The first-order chi connectivity index (χ1) is 13.3. The lowest BCUT2D eigenvalue weighted by Crippen LogP contribution is -2.38. The summed E-state index contributed by atoms with van der Waals surface area (Å²) in [5.74, 6) is 2.43. The van der Waals surface area contributed by atoms with E-state index in [1.807, 2.05) is 18.2 Å². The van der Waals surface area contributed by atoms with E-state index in [4.69, 9.17) is 20.9 Å². The lowest BCUT2D eigenvalue weighted by molar-refractivity contribution is 0.121. The van der Waals surface area contributed by atoms with E-state index in [9.17, 15) is 0 Å². The highest BCUT2D eigenvalue weighted by Gasteiger charge is 2.20. The minimum Gasteiger partial charge on any atom is -0.378 e. The molecule has 8 nitrogen and oxygen atoms in total. The molecule has 0 bridgehead atoms. The summed E-state index contributed by atoms with van der Waals surface area (Å²) in [6.07, 6.45) is 0. The van der Waals surface area contributed by atoms with Crippen LogP contribution in [0.25, 0.3) is 11.5 Å². The lowest BCUT2D eigenvalue weighted by Gasteiger charge is -2.27. The van der Waals surface area contributed by atoms with Crippen LogP contribution in [0.5, 0.6) is 0 Å². The second kappa shape index (κ2) is 8.28. The third-order valence-corrected chi connectivity index (χ3v) is 5.50. The molecule has 27 heavy (non-hydrogen) atoms. The summed E-state index contributed by atoms with van der Waals surface area (Å²) in [4.78, 5) is 6.64. The van der Waals surface area contributed by atoms with Gasteiger partial charge in [0.15, 0.2) is 11.0 Å². The number of nitrogens with zero attached hydrogens (tertiary/aromatic N) is 6. The number of hydrogen-bond acceptors (Lipinski definition) is 8. The van der Waals surface area contributed by atoms with Gasteiger partial charge in [0, 0.05) is 19.6 Å². The Morgan fingerprint density at radius 2 is 2.00 bits per heavy atom. The fraction of sp³-hybridized carbons (Fsp3) is 0.412. The number of hydrogen-bond donors (Lipinski definition) is 0. The number of aromatic nitrogens is 5. The van der Waals surface area contributed by atoms with Crippen LogP contribution in [0.4, 0.5) is 5.95 Å². The maximum Gasteiger partial charge on any atom is 0.259 e. The molecule has 142 valence electrons. The van der Waals surface area contributed by atoms with Crippen molar-refractivity contribution in [3.05, 3.63) is 35.1 Å². The fourth-order valence-electron chi connectivity index (χ4n) is 2.85. The Morgan fingerprint density at radius 3 is 2.78 bits per heavy atom. The van der Waals surface area contributed by atoms with Crippen LogP contribution in [-0.4, -0.2) is 51.2 Å². The van der Waals surface area contributed by atoms with Crippen LogP contribution in [0.2, 0.25) is 5.02 Å². The van der Waals surface area contributed by atoms with E-state index in [-0.39, 0.29) is 0 Å². The number of thioether (sulfide) groups is 1. The Labute approximate surface area is 165 Å². The Hall–Kier alpha value is -2.10. The molecule has 1 fully saturated rings. The number of ether oxygens (including phenoxy) is 1. The Morgan fingerprint density at radius 1 is 1.19 bits per heavy atom. The molecule has 0 aliphatic carbocycles. The van der Waals surface area contributed by atoms with Crippen LogP contribution in [-0.2, 0) is 17.0 Å². The van der Waals surface area contributed by atoms with E-state index in [0.717, 1.165) is 36.3 Å². The SMILES string of the molecule is CCn1c(SCc2noc(-c3ccccc3Cl)n2)nnc1N1CCOCC1. The van der Waals surface area contributed by atoms with Gasteiger partial charge >= 0.3 is 0 Å². The van der Waals surface area contributed by atoms with Gasteiger partial charge in [-0.25, -0.2) is 0 Å². The van der Waals surface area contributed by atoms with E-state index < -0.39 is 0 Å². The molecule has 0 N–H and O–H groups in total. The molecule has 1 aromatic carbocycles. The first-order valence-corrected chi connectivity index (χ1v) is 10.1. The Balaban J connectivity index is 1.46. The molecular formula is C17H19ClN6O2S. The van der Waals surface area contributed by atoms with Crippen LogP contribution in [0.15, 0.2) is 33.9 Å². The fourth-order valence-corrected chi connectivity index (χ4v) is 3.90. The third-order valence-electron chi connectivity index (χ3n) is 4.21. The van der Waals surface area contributed by atoms with Gasteiger partial charge < -0.3 is 14.2 Å². The molecule has 1 saturated heterocycles. The van der Waals surface area contributed by atoms with Gasteiger partial charge in [0.1, 0.15) is 0 Å². The van der Waals surface area contributed by atoms with Crippen molar-refractivity contribution in [1.29, 1.82) is 0 Å². The third kappa shape index (κ3) is 3.95. The molecule has 1 aliphatic rings. The summed E-state index contributed by atoms with van der Waals surface area (Å²) in [5.41, 5.74) is 0.731. The van der Waals surface area contributed by atoms with Crippen molar-refractivity contribution in [2.75, 3.05) is 31.2 Å². The number of rotatable bonds is 6. The van der Waals surface area contributed by atoms with Crippen LogP contribution in [0, 0.1) is 0 Å². The molecule has 10 heteroatoms. The van der Waals surface area contributed by atoms with Gasteiger partial charge in [0.05, 0.1) is 29.6 Å². The summed E-state index contributed by atoms with van der Waals surface area (Å²) in [6, 6.07) is 7.40. The van der Waals surface area contributed by atoms with Crippen molar-refractivity contribution in [3.8, 4) is 11.5 Å².